The minimum absolute atomic E-state index is 0.160. The number of anilines is 2. The van der Waals surface area contributed by atoms with Crippen LogP contribution in [0.25, 0.3) is 0 Å². The molecule has 0 radical (unpaired) electrons. The Morgan fingerprint density at radius 1 is 1.00 bits per heavy atom. The molecule has 1 aliphatic rings. The first kappa shape index (κ1) is 21.6. The molecule has 0 saturated carbocycles. The first-order valence-corrected chi connectivity index (χ1v) is 10.4. The minimum atomic E-state index is -0.724. The lowest BCUT2D eigenvalue weighted by Crippen LogP contribution is -2.46. The van der Waals surface area contributed by atoms with E-state index in [-0.39, 0.29) is 12.5 Å². The van der Waals surface area contributed by atoms with Crippen LogP contribution in [-0.4, -0.2) is 55.7 Å². The second-order valence-corrected chi connectivity index (χ2v) is 7.36. The SMILES string of the molecule is CCN1CCN(c2ccccc2NC(=O)[C@H](C)NC(=O)OCc2ccccc2)CC1. The smallest absolute Gasteiger partial charge is 0.408 e. The molecule has 1 heterocycles. The Morgan fingerprint density at radius 2 is 1.67 bits per heavy atom. The van der Waals surface area contributed by atoms with Gasteiger partial charge in [-0.3, -0.25) is 4.79 Å². The molecule has 2 aromatic rings. The van der Waals surface area contributed by atoms with Crippen molar-refractivity contribution in [2.24, 2.45) is 0 Å². The van der Waals surface area contributed by atoms with E-state index < -0.39 is 12.1 Å². The van der Waals surface area contributed by atoms with Gasteiger partial charge in [-0.05, 0) is 31.2 Å². The summed E-state index contributed by atoms with van der Waals surface area (Å²) >= 11 is 0. The average molecular weight is 411 g/mol. The van der Waals surface area contributed by atoms with Gasteiger partial charge in [0.05, 0.1) is 11.4 Å². The minimum Gasteiger partial charge on any atom is -0.445 e. The molecule has 1 fully saturated rings. The second kappa shape index (κ2) is 10.6. The number of carbonyl (C=O) groups excluding carboxylic acids is 2. The zero-order chi connectivity index (χ0) is 21.3. The van der Waals surface area contributed by atoms with E-state index in [0.29, 0.717) is 0 Å². The number of carbonyl (C=O) groups is 2. The van der Waals surface area contributed by atoms with E-state index in [1.165, 1.54) is 0 Å². The molecule has 0 aromatic heterocycles. The molecule has 2 aromatic carbocycles. The number of para-hydroxylation sites is 2. The van der Waals surface area contributed by atoms with Crippen molar-refractivity contribution in [3.8, 4) is 0 Å². The third kappa shape index (κ3) is 5.97. The van der Waals surface area contributed by atoms with Crippen molar-refractivity contribution in [1.29, 1.82) is 0 Å². The fourth-order valence-electron chi connectivity index (χ4n) is 3.41. The first-order valence-electron chi connectivity index (χ1n) is 10.4. The maximum Gasteiger partial charge on any atom is 0.408 e. The maximum atomic E-state index is 12.6. The van der Waals surface area contributed by atoms with Crippen molar-refractivity contribution in [2.75, 3.05) is 42.9 Å². The summed E-state index contributed by atoms with van der Waals surface area (Å²) in [4.78, 5) is 29.4. The van der Waals surface area contributed by atoms with E-state index in [4.69, 9.17) is 4.74 Å². The summed E-state index contributed by atoms with van der Waals surface area (Å²) in [6, 6.07) is 16.5. The summed E-state index contributed by atoms with van der Waals surface area (Å²) in [5.41, 5.74) is 2.64. The van der Waals surface area contributed by atoms with Crippen molar-refractivity contribution in [2.45, 2.75) is 26.5 Å². The zero-order valence-electron chi connectivity index (χ0n) is 17.6. The van der Waals surface area contributed by atoms with Gasteiger partial charge in [-0.25, -0.2) is 4.79 Å². The van der Waals surface area contributed by atoms with Crippen LogP contribution in [0.15, 0.2) is 54.6 Å². The topological polar surface area (TPSA) is 73.9 Å². The number of amides is 2. The van der Waals surface area contributed by atoms with E-state index in [0.717, 1.165) is 49.7 Å². The normalized spacial score (nSPS) is 15.3. The molecule has 7 heteroatoms. The molecule has 1 atom stereocenters. The summed E-state index contributed by atoms with van der Waals surface area (Å²) in [7, 11) is 0. The fourth-order valence-corrected chi connectivity index (χ4v) is 3.41. The van der Waals surface area contributed by atoms with E-state index in [1.54, 1.807) is 6.92 Å². The Labute approximate surface area is 178 Å². The molecule has 1 aliphatic heterocycles. The average Bonchev–Trinajstić information content (AvgIpc) is 2.79. The Hall–Kier alpha value is -3.06. The lowest BCUT2D eigenvalue weighted by atomic mass is 10.2. The van der Waals surface area contributed by atoms with Crippen LogP contribution < -0.4 is 15.5 Å². The highest BCUT2D eigenvalue weighted by Gasteiger charge is 2.21. The van der Waals surface area contributed by atoms with Crippen molar-refractivity contribution in [3.63, 3.8) is 0 Å². The highest BCUT2D eigenvalue weighted by Crippen LogP contribution is 2.26. The van der Waals surface area contributed by atoms with Crippen LogP contribution in [0.5, 0.6) is 0 Å². The van der Waals surface area contributed by atoms with Gasteiger partial charge in [-0.2, -0.15) is 0 Å². The van der Waals surface area contributed by atoms with Gasteiger partial charge in [-0.15, -0.1) is 0 Å². The molecule has 2 N–H and O–H groups in total. The van der Waals surface area contributed by atoms with Gasteiger partial charge in [0.1, 0.15) is 12.6 Å². The van der Waals surface area contributed by atoms with E-state index in [9.17, 15) is 9.59 Å². The number of ether oxygens (including phenoxy) is 1. The molecule has 0 aliphatic carbocycles. The summed E-state index contributed by atoms with van der Waals surface area (Å²) in [6.07, 6.45) is -0.620. The highest BCUT2D eigenvalue weighted by atomic mass is 16.5. The van der Waals surface area contributed by atoms with Crippen LogP contribution in [0.4, 0.5) is 16.2 Å². The van der Waals surface area contributed by atoms with Gasteiger partial charge in [0.25, 0.3) is 0 Å². The third-order valence-corrected chi connectivity index (χ3v) is 5.26. The summed E-state index contributed by atoms with van der Waals surface area (Å²) in [5, 5.41) is 5.54. The lowest BCUT2D eigenvalue weighted by molar-refractivity contribution is -0.117. The maximum absolute atomic E-state index is 12.6. The predicted molar refractivity (Wildman–Crippen MR) is 119 cm³/mol. The number of rotatable bonds is 7. The van der Waals surface area contributed by atoms with Crippen LogP contribution >= 0.6 is 0 Å². The van der Waals surface area contributed by atoms with Gasteiger partial charge in [0, 0.05) is 26.2 Å². The molecule has 0 bridgehead atoms. The number of hydrogen-bond acceptors (Lipinski definition) is 5. The summed E-state index contributed by atoms with van der Waals surface area (Å²) < 4.78 is 5.20. The van der Waals surface area contributed by atoms with Crippen LogP contribution in [0.2, 0.25) is 0 Å². The van der Waals surface area contributed by atoms with Crippen molar-refractivity contribution in [1.82, 2.24) is 10.2 Å². The summed E-state index contributed by atoms with van der Waals surface area (Å²) in [6.45, 7) is 8.86. The molecular weight excluding hydrogens is 380 g/mol. The van der Waals surface area contributed by atoms with Crippen LogP contribution in [0, 0.1) is 0 Å². The number of likely N-dealkylation sites (N-methyl/N-ethyl adjacent to an activating group) is 1. The standard InChI is InChI=1S/C23H30N4O3/c1-3-26-13-15-27(16-14-26)21-12-8-7-11-20(21)25-22(28)18(2)24-23(29)30-17-19-9-5-4-6-10-19/h4-12,18H,3,13-17H2,1-2H3,(H,24,29)(H,25,28)/t18-/m0/s1. The number of hydrogen-bond donors (Lipinski definition) is 2. The van der Waals surface area contributed by atoms with Crippen LogP contribution in [0.1, 0.15) is 19.4 Å². The van der Waals surface area contributed by atoms with Crippen LogP contribution in [-0.2, 0) is 16.1 Å². The number of piperazine rings is 1. The largest absolute Gasteiger partial charge is 0.445 e. The molecule has 30 heavy (non-hydrogen) atoms. The summed E-state index contributed by atoms with van der Waals surface area (Å²) in [5.74, 6) is -0.286. The molecule has 1 saturated heterocycles. The van der Waals surface area contributed by atoms with E-state index in [2.05, 4.69) is 27.4 Å². The van der Waals surface area contributed by atoms with Gasteiger partial charge in [0.2, 0.25) is 5.91 Å². The fraction of sp³-hybridized carbons (Fsp3) is 0.391. The zero-order valence-corrected chi connectivity index (χ0v) is 17.6. The Bertz CT molecular complexity index is 835. The number of benzene rings is 2. The second-order valence-electron chi connectivity index (χ2n) is 7.36. The number of alkyl carbamates (subject to hydrolysis) is 1. The molecule has 3 rings (SSSR count). The monoisotopic (exact) mass is 410 g/mol. The van der Waals surface area contributed by atoms with Crippen molar-refractivity contribution < 1.29 is 14.3 Å². The van der Waals surface area contributed by atoms with Crippen molar-refractivity contribution >= 4 is 23.4 Å². The quantitative estimate of drug-likeness (QED) is 0.734. The highest BCUT2D eigenvalue weighted by molar-refractivity contribution is 5.98. The third-order valence-electron chi connectivity index (χ3n) is 5.26. The number of nitrogens with zero attached hydrogens (tertiary/aromatic N) is 2. The number of nitrogens with one attached hydrogen (secondary N) is 2. The van der Waals surface area contributed by atoms with Gasteiger partial charge in [0.15, 0.2) is 0 Å². The predicted octanol–water partition coefficient (Wildman–Crippen LogP) is 3.08. The van der Waals surface area contributed by atoms with E-state index in [1.807, 2.05) is 54.6 Å². The molecule has 7 nitrogen and oxygen atoms in total. The molecule has 2 amide bonds. The van der Waals surface area contributed by atoms with Gasteiger partial charge >= 0.3 is 6.09 Å². The van der Waals surface area contributed by atoms with Crippen LogP contribution in [0.3, 0.4) is 0 Å². The van der Waals surface area contributed by atoms with E-state index >= 15 is 0 Å². The lowest BCUT2D eigenvalue weighted by Gasteiger charge is -2.36. The van der Waals surface area contributed by atoms with Crippen molar-refractivity contribution in [3.05, 3.63) is 60.2 Å². The first-order chi connectivity index (χ1) is 14.6. The molecule has 0 spiro atoms. The molecule has 160 valence electrons. The Morgan fingerprint density at radius 3 is 2.37 bits per heavy atom. The van der Waals surface area contributed by atoms with Gasteiger partial charge < -0.3 is 25.2 Å². The Kier molecular flexibility index (Phi) is 7.68. The molecular formula is C23H30N4O3. The van der Waals surface area contributed by atoms with Gasteiger partial charge in [-0.1, -0.05) is 49.4 Å². The molecule has 0 unspecified atom stereocenters. The Balaban J connectivity index is 1.53.